The van der Waals surface area contributed by atoms with Crippen molar-refractivity contribution in [3.63, 3.8) is 0 Å². The minimum absolute atomic E-state index is 0.328. The summed E-state index contributed by atoms with van der Waals surface area (Å²) in [4.78, 5) is 42.0. The average molecular weight is 442 g/mol. The van der Waals surface area contributed by atoms with E-state index in [-0.39, 0.29) is 5.91 Å². The van der Waals surface area contributed by atoms with Crippen LogP contribution < -0.4 is 15.8 Å². The first-order valence-corrected chi connectivity index (χ1v) is 10.9. The van der Waals surface area contributed by atoms with E-state index < -0.39 is 29.1 Å². The Kier molecular flexibility index (Phi) is 6.01. The molecule has 0 spiro atoms. The lowest BCUT2D eigenvalue weighted by Gasteiger charge is -2.45. The van der Waals surface area contributed by atoms with Gasteiger partial charge in [-0.25, -0.2) is 4.90 Å². The van der Waals surface area contributed by atoms with E-state index in [1.54, 1.807) is 26.0 Å². The summed E-state index contributed by atoms with van der Waals surface area (Å²) in [5.74, 6) is -3.08. The van der Waals surface area contributed by atoms with Crippen molar-refractivity contribution in [3.8, 4) is 0 Å². The van der Waals surface area contributed by atoms with Gasteiger partial charge in [0, 0.05) is 5.92 Å². The van der Waals surface area contributed by atoms with Gasteiger partial charge in [-0.15, -0.1) is 0 Å². The molecule has 3 aromatic carbocycles. The van der Waals surface area contributed by atoms with Gasteiger partial charge in [-0.05, 0) is 36.8 Å². The van der Waals surface area contributed by atoms with E-state index in [1.165, 1.54) is 0 Å². The van der Waals surface area contributed by atoms with Crippen molar-refractivity contribution >= 4 is 29.1 Å². The highest BCUT2D eigenvalue weighted by atomic mass is 16.2. The monoisotopic (exact) mass is 441 g/mol. The molecule has 168 valence electrons. The third-order valence-electron chi connectivity index (χ3n) is 6.19. The van der Waals surface area contributed by atoms with Gasteiger partial charge < -0.3 is 0 Å². The minimum Gasteiger partial charge on any atom is -0.299 e. The zero-order valence-corrected chi connectivity index (χ0v) is 18.9. The molecule has 1 fully saturated rings. The maximum Gasteiger partial charge on any atom is 0.251 e. The van der Waals surface area contributed by atoms with Gasteiger partial charge in [0.05, 0.1) is 16.8 Å². The highest BCUT2D eigenvalue weighted by molar-refractivity contribution is 6.24. The molecule has 0 aliphatic carbocycles. The number of amides is 3. The predicted octanol–water partition coefficient (Wildman–Crippen LogP) is 4.44. The Bertz CT molecular complexity index is 1160. The van der Waals surface area contributed by atoms with E-state index >= 15 is 0 Å². The number of para-hydroxylation sites is 1. The fourth-order valence-corrected chi connectivity index (χ4v) is 4.42. The highest BCUT2D eigenvalue weighted by Gasteiger charge is 2.56. The number of benzene rings is 3. The summed E-state index contributed by atoms with van der Waals surface area (Å²) in [6, 6.07) is 25.6. The molecule has 0 saturated carbocycles. The Hall–Kier alpha value is -3.93. The van der Waals surface area contributed by atoms with Crippen LogP contribution in [-0.2, 0) is 14.4 Å². The van der Waals surface area contributed by atoms with E-state index in [0.717, 1.165) is 16.0 Å². The lowest BCUT2D eigenvalue weighted by Crippen LogP contribution is -2.61. The SMILES string of the molecule is Cc1ccc(N2C(=O)C(C(=O)NNc3ccccc3)C(c3ccccc3)C(C)(C)C2=O)cc1. The number of aryl methyl sites for hydroxylation is 1. The molecule has 1 aliphatic rings. The quantitative estimate of drug-likeness (QED) is 0.349. The van der Waals surface area contributed by atoms with Gasteiger partial charge in [-0.3, -0.25) is 25.2 Å². The largest absolute Gasteiger partial charge is 0.299 e. The van der Waals surface area contributed by atoms with E-state index in [4.69, 9.17) is 0 Å². The highest BCUT2D eigenvalue weighted by Crippen LogP contribution is 2.48. The molecule has 2 atom stereocenters. The van der Waals surface area contributed by atoms with Crippen LogP contribution in [0.5, 0.6) is 0 Å². The first-order valence-electron chi connectivity index (χ1n) is 10.9. The molecule has 6 nitrogen and oxygen atoms in total. The number of hydrogen-bond acceptors (Lipinski definition) is 4. The Balaban J connectivity index is 1.75. The Morgan fingerprint density at radius 2 is 1.42 bits per heavy atom. The summed E-state index contributed by atoms with van der Waals surface area (Å²) in [5.41, 5.74) is 7.50. The molecule has 1 aliphatic heterocycles. The van der Waals surface area contributed by atoms with Crippen LogP contribution in [0.15, 0.2) is 84.9 Å². The third kappa shape index (κ3) is 4.24. The summed E-state index contributed by atoms with van der Waals surface area (Å²) < 4.78 is 0. The molecular weight excluding hydrogens is 414 g/mol. The summed E-state index contributed by atoms with van der Waals surface area (Å²) in [6.45, 7) is 5.53. The second-order valence-corrected chi connectivity index (χ2v) is 8.88. The van der Waals surface area contributed by atoms with E-state index in [2.05, 4.69) is 10.9 Å². The summed E-state index contributed by atoms with van der Waals surface area (Å²) in [5, 5.41) is 0. The Morgan fingerprint density at radius 1 is 0.848 bits per heavy atom. The molecule has 33 heavy (non-hydrogen) atoms. The van der Waals surface area contributed by atoms with Crippen LogP contribution in [0.4, 0.5) is 11.4 Å². The van der Waals surface area contributed by atoms with Gasteiger partial charge in [-0.2, -0.15) is 0 Å². The van der Waals surface area contributed by atoms with Crippen LogP contribution in [0.3, 0.4) is 0 Å². The standard InChI is InChI=1S/C27H27N3O3/c1-18-14-16-21(17-15-18)30-25(32)22(24(31)29-28-20-12-8-5-9-13-20)23(27(2,3)26(30)33)19-10-6-4-7-11-19/h4-17,22-23,28H,1-3H3,(H,29,31). The van der Waals surface area contributed by atoms with Gasteiger partial charge >= 0.3 is 0 Å². The van der Waals surface area contributed by atoms with Crippen molar-refractivity contribution in [2.75, 3.05) is 10.3 Å². The molecule has 2 N–H and O–H groups in total. The van der Waals surface area contributed by atoms with Gasteiger partial charge in [-0.1, -0.05) is 80.1 Å². The fraction of sp³-hybridized carbons (Fsp3) is 0.222. The molecular formula is C27H27N3O3. The van der Waals surface area contributed by atoms with Crippen molar-refractivity contribution in [1.29, 1.82) is 0 Å². The number of imide groups is 1. The third-order valence-corrected chi connectivity index (χ3v) is 6.19. The zero-order valence-electron chi connectivity index (χ0n) is 18.9. The van der Waals surface area contributed by atoms with Crippen molar-refractivity contribution in [1.82, 2.24) is 5.43 Å². The number of anilines is 2. The van der Waals surface area contributed by atoms with Gasteiger partial charge in [0.2, 0.25) is 11.8 Å². The summed E-state index contributed by atoms with van der Waals surface area (Å²) in [7, 11) is 0. The maximum atomic E-state index is 13.8. The first kappa shape index (κ1) is 22.3. The smallest absolute Gasteiger partial charge is 0.251 e. The number of hydrazine groups is 1. The molecule has 0 bridgehead atoms. The molecule has 0 radical (unpaired) electrons. The van der Waals surface area contributed by atoms with E-state index in [9.17, 15) is 14.4 Å². The van der Waals surface area contributed by atoms with Gasteiger partial charge in [0.25, 0.3) is 5.91 Å². The zero-order chi connectivity index (χ0) is 23.6. The predicted molar refractivity (Wildman–Crippen MR) is 128 cm³/mol. The van der Waals surface area contributed by atoms with Crippen molar-refractivity contribution in [2.24, 2.45) is 11.3 Å². The molecule has 1 heterocycles. The van der Waals surface area contributed by atoms with Crippen LogP contribution in [0.2, 0.25) is 0 Å². The lowest BCUT2D eigenvalue weighted by molar-refractivity contribution is -0.146. The number of rotatable bonds is 5. The lowest BCUT2D eigenvalue weighted by atomic mass is 9.64. The second-order valence-electron chi connectivity index (χ2n) is 8.88. The number of carbonyl (C=O) groups is 3. The normalized spacial score (nSPS) is 19.8. The number of hydrogen-bond donors (Lipinski definition) is 2. The molecule has 3 aromatic rings. The van der Waals surface area contributed by atoms with Crippen LogP contribution in [-0.4, -0.2) is 17.7 Å². The molecule has 6 heteroatoms. The number of nitrogens with zero attached hydrogens (tertiary/aromatic N) is 1. The molecule has 3 amide bonds. The fourth-order valence-electron chi connectivity index (χ4n) is 4.42. The average Bonchev–Trinajstić information content (AvgIpc) is 2.82. The van der Waals surface area contributed by atoms with Crippen molar-refractivity contribution < 1.29 is 14.4 Å². The maximum absolute atomic E-state index is 13.8. The van der Waals surface area contributed by atoms with Crippen LogP contribution in [0.1, 0.15) is 30.9 Å². The summed E-state index contributed by atoms with van der Waals surface area (Å²) >= 11 is 0. The van der Waals surface area contributed by atoms with Crippen molar-refractivity contribution in [3.05, 3.63) is 96.1 Å². The molecule has 4 rings (SSSR count). The number of carbonyl (C=O) groups excluding carboxylic acids is 3. The van der Waals surface area contributed by atoms with Crippen LogP contribution >= 0.6 is 0 Å². The van der Waals surface area contributed by atoms with Gasteiger partial charge in [0.1, 0.15) is 5.92 Å². The van der Waals surface area contributed by atoms with Crippen LogP contribution in [0.25, 0.3) is 0 Å². The molecule has 2 unspecified atom stereocenters. The first-order chi connectivity index (χ1) is 15.8. The number of nitrogens with one attached hydrogen (secondary N) is 2. The topological polar surface area (TPSA) is 78.5 Å². The van der Waals surface area contributed by atoms with Crippen LogP contribution in [0, 0.1) is 18.3 Å². The molecule has 1 saturated heterocycles. The van der Waals surface area contributed by atoms with E-state index in [1.807, 2.05) is 79.7 Å². The second kappa shape index (κ2) is 8.90. The summed E-state index contributed by atoms with van der Waals surface area (Å²) in [6.07, 6.45) is 0. The Labute approximate surface area is 193 Å². The van der Waals surface area contributed by atoms with E-state index in [0.29, 0.717) is 11.4 Å². The van der Waals surface area contributed by atoms with Crippen molar-refractivity contribution in [2.45, 2.75) is 26.7 Å². The minimum atomic E-state index is -1.10. The molecule has 0 aromatic heterocycles. The number of piperidine rings is 1. The Morgan fingerprint density at radius 3 is 2.03 bits per heavy atom. The van der Waals surface area contributed by atoms with Gasteiger partial charge in [0.15, 0.2) is 0 Å².